The lowest BCUT2D eigenvalue weighted by molar-refractivity contribution is -0.113. The van der Waals surface area contributed by atoms with Crippen molar-refractivity contribution >= 4 is 46.7 Å². The molecule has 2 amide bonds. The molecule has 1 aromatic heterocycles. The van der Waals surface area contributed by atoms with Gasteiger partial charge in [-0.25, -0.2) is 14.4 Å². The molecule has 0 bridgehead atoms. The van der Waals surface area contributed by atoms with Crippen LogP contribution < -0.4 is 15.0 Å². The van der Waals surface area contributed by atoms with Gasteiger partial charge in [0.15, 0.2) is 5.16 Å². The van der Waals surface area contributed by atoms with Crippen molar-refractivity contribution < 1.29 is 18.7 Å². The number of hydrogen-bond donors (Lipinski definition) is 1. The Labute approximate surface area is 217 Å². The van der Waals surface area contributed by atoms with E-state index in [1.54, 1.807) is 49.6 Å². The van der Waals surface area contributed by atoms with Crippen molar-refractivity contribution in [3.63, 3.8) is 0 Å². The Balaban J connectivity index is 1.38. The van der Waals surface area contributed by atoms with Crippen LogP contribution in [-0.2, 0) is 4.79 Å². The predicted molar refractivity (Wildman–Crippen MR) is 139 cm³/mol. The molecule has 36 heavy (non-hydrogen) atoms. The number of nitrogens with one attached hydrogen (secondary N) is 1. The summed E-state index contributed by atoms with van der Waals surface area (Å²) in [6, 6.07) is 14.7. The van der Waals surface area contributed by atoms with E-state index in [2.05, 4.69) is 15.3 Å². The number of thioether (sulfide) groups is 1. The number of piperazine rings is 1. The van der Waals surface area contributed by atoms with E-state index in [0.717, 1.165) is 11.8 Å². The Bertz CT molecular complexity index is 1260. The minimum absolute atomic E-state index is 0.00661. The molecule has 0 spiro atoms. The first kappa shape index (κ1) is 25.7. The molecular formula is C25H25ClFN5O3S. The Morgan fingerprint density at radius 2 is 1.97 bits per heavy atom. The normalized spacial score (nSPS) is 15.5. The highest BCUT2D eigenvalue weighted by Crippen LogP contribution is 2.25. The quantitative estimate of drug-likeness (QED) is 0.276. The highest BCUT2D eigenvalue weighted by Gasteiger charge is 2.29. The van der Waals surface area contributed by atoms with Gasteiger partial charge in [-0.05, 0) is 37.3 Å². The predicted octanol–water partition coefficient (Wildman–Crippen LogP) is 4.36. The highest BCUT2D eigenvalue weighted by atomic mass is 35.5. The molecule has 2 heterocycles. The maximum atomic E-state index is 13.8. The average Bonchev–Trinajstić information content (AvgIpc) is 2.88. The van der Waals surface area contributed by atoms with Gasteiger partial charge >= 0.3 is 0 Å². The minimum Gasteiger partial charge on any atom is -0.497 e. The van der Waals surface area contributed by atoms with Gasteiger partial charge in [0.2, 0.25) is 5.91 Å². The number of aromatic nitrogens is 2. The van der Waals surface area contributed by atoms with E-state index in [9.17, 15) is 14.0 Å². The molecule has 0 radical (unpaired) electrons. The van der Waals surface area contributed by atoms with Crippen LogP contribution in [0.3, 0.4) is 0 Å². The zero-order valence-electron chi connectivity index (χ0n) is 19.8. The summed E-state index contributed by atoms with van der Waals surface area (Å²) < 4.78 is 19.0. The molecule has 1 aliphatic heterocycles. The van der Waals surface area contributed by atoms with E-state index < -0.39 is 5.82 Å². The van der Waals surface area contributed by atoms with Gasteiger partial charge in [0, 0.05) is 37.3 Å². The maximum Gasteiger partial charge on any atom is 0.254 e. The van der Waals surface area contributed by atoms with Crippen molar-refractivity contribution in [2.75, 3.05) is 42.7 Å². The van der Waals surface area contributed by atoms with Crippen LogP contribution in [0.25, 0.3) is 0 Å². The maximum absolute atomic E-state index is 13.8. The van der Waals surface area contributed by atoms with E-state index in [-0.39, 0.29) is 34.4 Å². The van der Waals surface area contributed by atoms with Gasteiger partial charge in [0.25, 0.3) is 5.91 Å². The molecule has 3 aromatic rings. The number of halogens is 2. The van der Waals surface area contributed by atoms with Crippen LogP contribution in [0, 0.1) is 5.82 Å². The summed E-state index contributed by atoms with van der Waals surface area (Å²) in [7, 11) is 1.57. The number of ether oxygens (including phenoxy) is 1. The van der Waals surface area contributed by atoms with Crippen molar-refractivity contribution in [2.45, 2.75) is 18.1 Å². The Kier molecular flexibility index (Phi) is 8.27. The third-order valence-corrected chi connectivity index (χ3v) is 6.71. The SMILES string of the molecule is COc1cccc(C(=O)N2CCN(c3cc(Cl)nc(SCC(=O)Nc4ccccc4F)n3)CC2C)c1. The van der Waals surface area contributed by atoms with E-state index >= 15 is 0 Å². The summed E-state index contributed by atoms with van der Waals surface area (Å²) >= 11 is 7.35. The van der Waals surface area contributed by atoms with Gasteiger partial charge in [-0.3, -0.25) is 9.59 Å². The van der Waals surface area contributed by atoms with E-state index in [0.29, 0.717) is 41.9 Å². The number of anilines is 2. The van der Waals surface area contributed by atoms with Crippen molar-refractivity contribution in [3.8, 4) is 5.75 Å². The number of methoxy groups -OCH3 is 1. The monoisotopic (exact) mass is 529 g/mol. The van der Waals surface area contributed by atoms with Crippen LogP contribution in [0.1, 0.15) is 17.3 Å². The first-order valence-electron chi connectivity index (χ1n) is 11.3. The zero-order valence-corrected chi connectivity index (χ0v) is 21.4. The van der Waals surface area contributed by atoms with Crippen LogP contribution in [0.4, 0.5) is 15.9 Å². The fraction of sp³-hybridized carbons (Fsp3) is 0.280. The number of carbonyl (C=O) groups excluding carboxylic acids is 2. The third kappa shape index (κ3) is 6.24. The zero-order chi connectivity index (χ0) is 25.7. The molecular weight excluding hydrogens is 505 g/mol. The molecule has 0 saturated carbocycles. The number of benzene rings is 2. The van der Waals surface area contributed by atoms with Crippen molar-refractivity contribution in [1.82, 2.24) is 14.9 Å². The Morgan fingerprint density at radius 1 is 1.17 bits per heavy atom. The highest BCUT2D eigenvalue weighted by molar-refractivity contribution is 7.99. The number of rotatable bonds is 7. The summed E-state index contributed by atoms with van der Waals surface area (Å²) in [6.07, 6.45) is 0. The van der Waals surface area contributed by atoms with Crippen LogP contribution >= 0.6 is 23.4 Å². The van der Waals surface area contributed by atoms with Gasteiger partial charge < -0.3 is 19.9 Å². The van der Waals surface area contributed by atoms with E-state index in [1.807, 2.05) is 16.7 Å². The topological polar surface area (TPSA) is 87.7 Å². The van der Waals surface area contributed by atoms with Gasteiger partial charge in [0.1, 0.15) is 22.5 Å². The number of hydrogen-bond acceptors (Lipinski definition) is 7. The molecule has 11 heteroatoms. The fourth-order valence-corrected chi connectivity index (χ4v) is 4.76. The second kappa shape index (κ2) is 11.6. The van der Waals surface area contributed by atoms with Crippen molar-refractivity contribution in [2.24, 2.45) is 0 Å². The number of nitrogens with zero attached hydrogens (tertiary/aromatic N) is 4. The van der Waals surface area contributed by atoms with Crippen LogP contribution in [0.5, 0.6) is 5.75 Å². The molecule has 1 N–H and O–H groups in total. The Morgan fingerprint density at radius 3 is 2.72 bits per heavy atom. The largest absolute Gasteiger partial charge is 0.497 e. The molecule has 0 aliphatic carbocycles. The summed E-state index contributed by atoms with van der Waals surface area (Å²) in [4.78, 5) is 38.0. The fourth-order valence-electron chi connectivity index (χ4n) is 3.88. The molecule has 2 aromatic carbocycles. The molecule has 1 atom stereocenters. The van der Waals surface area contributed by atoms with E-state index in [1.165, 1.54) is 12.1 Å². The van der Waals surface area contributed by atoms with Crippen molar-refractivity contribution in [1.29, 1.82) is 0 Å². The second-order valence-corrected chi connectivity index (χ2v) is 9.50. The first-order chi connectivity index (χ1) is 17.3. The van der Waals surface area contributed by atoms with Gasteiger partial charge in [0.05, 0.1) is 18.6 Å². The van der Waals surface area contributed by atoms with Gasteiger partial charge in [-0.2, -0.15) is 0 Å². The molecule has 1 fully saturated rings. The molecule has 4 rings (SSSR count). The standard InChI is InChI=1S/C25H25ClFN5O3S/c1-16-14-31(10-11-32(16)24(34)17-6-5-7-18(12-17)35-2)22-13-21(26)29-25(30-22)36-15-23(33)28-20-9-4-3-8-19(20)27/h3-9,12-13,16H,10-11,14-15H2,1-2H3,(H,28,33). The molecule has 1 saturated heterocycles. The smallest absolute Gasteiger partial charge is 0.254 e. The van der Waals surface area contributed by atoms with Gasteiger partial charge in [-0.15, -0.1) is 0 Å². The minimum atomic E-state index is -0.504. The summed E-state index contributed by atoms with van der Waals surface area (Å²) in [6.45, 7) is 3.61. The lowest BCUT2D eigenvalue weighted by Gasteiger charge is -2.40. The number of para-hydroxylation sites is 1. The summed E-state index contributed by atoms with van der Waals surface area (Å²) in [5, 5.41) is 3.12. The second-order valence-electron chi connectivity index (χ2n) is 8.17. The first-order valence-corrected chi connectivity index (χ1v) is 12.6. The molecule has 8 nitrogen and oxygen atoms in total. The summed E-state index contributed by atoms with van der Waals surface area (Å²) in [5.74, 6) is 0.304. The van der Waals surface area contributed by atoms with Gasteiger partial charge in [-0.1, -0.05) is 41.6 Å². The molecule has 188 valence electrons. The lowest BCUT2D eigenvalue weighted by atomic mass is 10.1. The summed E-state index contributed by atoms with van der Waals surface area (Å²) in [5.41, 5.74) is 0.693. The van der Waals surface area contributed by atoms with E-state index in [4.69, 9.17) is 16.3 Å². The average molecular weight is 530 g/mol. The Hall–Kier alpha value is -3.37. The van der Waals surface area contributed by atoms with Crippen molar-refractivity contribution in [3.05, 3.63) is 71.1 Å². The molecule has 1 aliphatic rings. The van der Waals surface area contributed by atoms with Crippen LogP contribution in [0.2, 0.25) is 5.15 Å². The lowest BCUT2D eigenvalue weighted by Crippen LogP contribution is -2.54. The number of carbonyl (C=O) groups is 2. The molecule has 1 unspecified atom stereocenters. The van der Waals surface area contributed by atoms with Crippen LogP contribution in [-0.4, -0.2) is 65.2 Å². The van der Waals surface area contributed by atoms with Crippen LogP contribution in [0.15, 0.2) is 59.8 Å². The number of amides is 2. The third-order valence-electron chi connectivity index (χ3n) is 5.67.